The molecular formula is C26H37ClN4O4S. The third-order valence-corrected chi connectivity index (χ3v) is 8.87. The predicted octanol–water partition coefficient (Wildman–Crippen LogP) is 4.56. The van der Waals surface area contributed by atoms with Gasteiger partial charge in [0.2, 0.25) is 0 Å². The highest BCUT2D eigenvalue weighted by atomic mass is 35.5. The van der Waals surface area contributed by atoms with Crippen LogP contribution in [0.25, 0.3) is 0 Å². The van der Waals surface area contributed by atoms with Crippen molar-refractivity contribution in [2.24, 2.45) is 0 Å². The lowest BCUT2D eigenvalue weighted by atomic mass is 10.0. The molecule has 0 aliphatic carbocycles. The third-order valence-electron chi connectivity index (χ3n) is 7.26. The zero-order valence-electron chi connectivity index (χ0n) is 21.6. The van der Waals surface area contributed by atoms with Crippen LogP contribution in [-0.2, 0) is 4.74 Å². The zero-order valence-corrected chi connectivity index (χ0v) is 23.2. The molecule has 8 nitrogen and oxygen atoms in total. The van der Waals surface area contributed by atoms with Gasteiger partial charge in [-0.15, -0.1) is 0 Å². The Bertz CT molecular complexity index is 1150. The third kappa shape index (κ3) is 5.55. The van der Waals surface area contributed by atoms with Crippen molar-refractivity contribution in [3.8, 4) is 5.75 Å². The van der Waals surface area contributed by atoms with E-state index in [0.717, 1.165) is 38.9 Å². The molecule has 2 saturated heterocycles. The van der Waals surface area contributed by atoms with E-state index in [4.69, 9.17) is 16.3 Å². The second-order valence-electron chi connectivity index (χ2n) is 10.2. The summed E-state index contributed by atoms with van der Waals surface area (Å²) in [5.74, 6) is -0.0366. The van der Waals surface area contributed by atoms with Crippen LogP contribution in [0.1, 0.15) is 53.9 Å². The van der Waals surface area contributed by atoms with Crippen LogP contribution < -0.4 is 21.5 Å². The summed E-state index contributed by atoms with van der Waals surface area (Å²) in [6.45, 7) is 13.3. The van der Waals surface area contributed by atoms with E-state index in [-0.39, 0.29) is 35.4 Å². The van der Waals surface area contributed by atoms with E-state index >= 15 is 0 Å². The van der Waals surface area contributed by atoms with Crippen LogP contribution in [-0.4, -0.2) is 64.3 Å². The minimum absolute atomic E-state index is 0.00672. The largest absolute Gasteiger partial charge is 0.505 e. The minimum Gasteiger partial charge on any atom is -0.505 e. The first-order valence-corrected chi connectivity index (χ1v) is 14.0. The second kappa shape index (κ2) is 11.3. The van der Waals surface area contributed by atoms with Crippen molar-refractivity contribution >= 4 is 40.6 Å². The fraction of sp³-hybridized carbons (Fsp3) is 0.615. The molecule has 0 amide bonds. The molecule has 0 saturated carbocycles. The molecule has 2 aromatic carbocycles. The molecule has 0 bridgehead atoms. The van der Waals surface area contributed by atoms with E-state index in [0.29, 0.717) is 27.7 Å². The topological polar surface area (TPSA) is 94.1 Å². The SMILES string of the molecule is CC[C@@H](Nc1c(Nc2ccc(Cl)c(SN3CCN(C(C)C)C(C)C3)c2O)c(=O)c1=O)C1CCC(C)O1. The Labute approximate surface area is 222 Å². The molecule has 0 aromatic heterocycles. The molecule has 198 valence electrons. The number of piperazine rings is 1. The molecule has 4 rings (SSSR count). The number of rotatable bonds is 9. The lowest BCUT2D eigenvalue weighted by molar-refractivity contribution is 0.0438. The number of nitrogens with zero attached hydrogens (tertiary/aromatic N) is 2. The zero-order chi connectivity index (χ0) is 26.1. The van der Waals surface area contributed by atoms with E-state index in [1.54, 1.807) is 12.1 Å². The van der Waals surface area contributed by atoms with Gasteiger partial charge >= 0.3 is 0 Å². The van der Waals surface area contributed by atoms with E-state index in [9.17, 15) is 14.7 Å². The second-order valence-corrected chi connectivity index (χ2v) is 11.7. The lowest BCUT2D eigenvalue weighted by Gasteiger charge is -2.41. The molecule has 2 heterocycles. The Morgan fingerprint density at radius 2 is 1.89 bits per heavy atom. The Balaban J connectivity index is 1.50. The van der Waals surface area contributed by atoms with Crippen molar-refractivity contribution in [1.29, 1.82) is 0 Å². The average Bonchev–Trinajstić information content (AvgIpc) is 3.28. The summed E-state index contributed by atoms with van der Waals surface area (Å²) in [5, 5.41) is 17.8. The van der Waals surface area contributed by atoms with Gasteiger partial charge in [0.1, 0.15) is 11.4 Å². The van der Waals surface area contributed by atoms with Crippen LogP contribution in [0.2, 0.25) is 5.02 Å². The van der Waals surface area contributed by atoms with Crippen LogP contribution in [0, 0.1) is 0 Å². The van der Waals surface area contributed by atoms with Gasteiger partial charge in [-0.2, -0.15) is 0 Å². The molecule has 2 aliphatic rings. The van der Waals surface area contributed by atoms with Crippen molar-refractivity contribution in [2.75, 3.05) is 30.3 Å². The molecule has 10 heteroatoms. The highest BCUT2D eigenvalue weighted by molar-refractivity contribution is 7.97. The molecule has 0 radical (unpaired) electrons. The van der Waals surface area contributed by atoms with E-state index < -0.39 is 10.9 Å². The van der Waals surface area contributed by atoms with E-state index in [2.05, 4.69) is 40.6 Å². The van der Waals surface area contributed by atoms with Crippen LogP contribution in [0.4, 0.5) is 17.1 Å². The molecule has 0 spiro atoms. The maximum absolute atomic E-state index is 12.5. The van der Waals surface area contributed by atoms with Gasteiger partial charge in [-0.05, 0) is 71.0 Å². The number of ether oxygens (including phenoxy) is 1. The molecule has 2 aliphatic heterocycles. The predicted molar refractivity (Wildman–Crippen MR) is 148 cm³/mol. The molecule has 3 unspecified atom stereocenters. The van der Waals surface area contributed by atoms with Crippen LogP contribution in [0.15, 0.2) is 26.6 Å². The van der Waals surface area contributed by atoms with Crippen molar-refractivity contribution in [1.82, 2.24) is 9.21 Å². The van der Waals surface area contributed by atoms with Gasteiger partial charge in [0.05, 0.1) is 33.9 Å². The first kappa shape index (κ1) is 27.3. The van der Waals surface area contributed by atoms with Crippen molar-refractivity contribution in [3.05, 3.63) is 37.6 Å². The van der Waals surface area contributed by atoms with Gasteiger partial charge in [0, 0.05) is 31.7 Å². The van der Waals surface area contributed by atoms with Crippen molar-refractivity contribution in [2.45, 2.75) is 89.1 Å². The number of anilines is 3. The molecule has 2 aromatic rings. The Hall–Kier alpha value is -1.78. The number of halogens is 1. The van der Waals surface area contributed by atoms with E-state index in [1.165, 1.54) is 11.9 Å². The van der Waals surface area contributed by atoms with Gasteiger partial charge in [-0.1, -0.05) is 18.5 Å². The number of phenolic OH excluding ortho intramolecular Hbond substituents is 1. The molecule has 2 fully saturated rings. The maximum Gasteiger partial charge on any atom is 0.253 e. The number of hydrogen-bond donors (Lipinski definition) is 3. The van der Waals surface area contributed by atoms with Gasteiger partial charge in [-0.25, -0.2) is 4.31 Å². The summed E-state index contributed by atoms with van der Waals surface area (Å²) in [6.07, 6.45) is 2.82. The fourth-order valence-electron chi connectivity index (χ4n) is 5.21. The van der Waals surface area contributed by atoms with Crippen molar-refractivity contribution in [3.63, 3.8) is 0 Å². The molecule has 4 atom stereocenters. The summed E-state index contributed by atoms with van der Waals surface area (Å²) < 4.78 is 8.18. The first-order chi connectivity index (χ1) is 17.1. The van der Waals surface area contributed by atoms with Gasteiger partial charge in [-0.3, -0.25) is 14.5 Å². The molecular weight excluding hydrogens is 500 g/mol. The number of aromatic hydroxyl groups is 1. The van der Waals surface area contributed by atoms with Gasteiger partial charge < -0.3 is 20.5 Å². The van der Waals surface area contributed by atoms with E-state index in [1.807, 2.05) is 13.8 Å². The monoisotopic (exact) mass is 536 g/mol. The molecule has 3 N–H and O–H groups in total. The van der Waals surface area contributed by atoms with Gasteiger partial charge in [0.15, 0.2) is 5.75 Å². The number of phenols is 1. The van der Waals surface area contributed by atoms with Crippen LogP contribution in [0.5, 0.6) is 5.75 Å². The summed E-state index contributed by atoms with van der Waals surface area (Å²) in [6, 6.07) is 4.10. The quantitative estimate of drug-likeness (QED) is 0.242. The number of nitrogens with one attached hydrogen (secondary N) is 2. The fourth-order valence-corrected chi connectivity index (χ4v) is 6.54. The Kier molecular flexibility index (Phi) is 8.56. The highest BCUT2D eigenvalue weighted by Gasteiger charge is 2.32. The first-order valence-electron chi connectivity index (χ1n) is 12.8. The summed E-state index contributed by atoms with van der Waals surface area (Å²) >= 11 is 7.89. The summed E-state index contributed by atoms with van der Waals surface area (Å²) in [4.78, 5) is 27.9. The summed E-state index contributed by atoms with van der Waals surface area (Å²) in [7, 11) is 0. The molecule has 36 heavy (non-hydrogen) atoms. The normalized spacial score (nSPS) is 24.5. The Morgan fingerprint density at radius 1 is 1.17 bits per heavy atom. The number of hydrogen-bond acceptors (Lipinski definition) is 9. The van der Waals surface area contributed by atoms with Crippen LogP contribution >= 0.6 is 23.5 Å². The number of benzene rings is 1. The minimum atomic E-state index is -0.602. The van der Waals surface area contributed by atoms with Gasteiger partial charge in [0.25, 0.3) is 10.9 Å². The summed E-state index contributed by atoms with van der Waals surface area (Å²) in [5.41, 5.74) is -0.406. The smallest absolute Gasteiger partial charge is 0.253 e. The lowest BCUT2D eigenvalue weighted by Crippen LogP contribution is -2.52. The standard InChI is InChI=1S/C26H37ClN4O4S/c1-6-18(20-10-7-16(5)35-20)28-21-22(25(34)24(21)33)29-19-9-8-17(27)26(23(19)32)36-30-11-12-31(14(2)3)15(4)13-30/h8-9,14-16,18,20,28-29,32H,6-7,10-13H2,1-5H3/t15?,16?,18-,20?/m1/s1. The van der Waals surface area contributed by atoms with Crippen molar-refractivity contribution < 1.29 is 9.84 Å². The Morgan fingerprint density at radius 3 is 2.50 bits per heavy atom. The van der Waals surface area contributed by atoms with Crippen LogP contribution in [0.3, 0.4) is 0 Å². The highest BCUT2D eigenvalue weighted by Crippen LogP contribution is 2.43. The average molecular weight is 537 g/mol. The maximum atomic E-state index is 12.5.